The van der Waals surface area contributed by atoms with Crippen LogP contribution in [0, 0.1) is 0 Å². The van der Waals surface area contributed by atoms with Crippen LogP contribution >= 0.6 is 0 Å². The van der Waals surface area contributed by atoms with E-state index in [1.165, 1.54) is 0 Å². The first kappa shape index (κ1) is 15.5. The quantitative estimate of drug-likeness (QED) is 0.694. The third-order valence-electron chi connectivity index (χ3n) is 3.32. The average Bonchev–Trinajstić information content (AvgIpc) is 2.99. The molecule has 0 radical (unpaired) electrons. The number of nitrogens with one attached hydrogen (secondary N) is 1. The first-order valence-electron chi connectivity index (χ1n) is 6.80. The van der Waals surface area contributed by atoms with Crippen LogP contribution in [0.2, 0.25) is 0 Å². The van der Waals surface area contributed by atoms with Gasteiger partial charge in [-0.25, -0.2) is 0 Å². The fourth-order valence-corrected chi connectivity index (χ4v) is 2.22. The van der Waals surface area contributed by atoms with E-state index in [9.17, 15) is 10.2 Å². The second-order valence-electron chi connectivity index (χ2n) is 4.84. The molecule has 6 nitrogen and oxygen atoms in total. The number of nitrogens with zero attached hydrogens (tertiary/aromatic N) is 2. The lowest BCUT2D eigenvalue weighted by atomic mass is 10.0. The lowest BCUT2D eigenvalue weighted by Gasteiger charge is -2.19. The molecule has 0 fully saturated rings. The molecule has 0 saturated heterocycles. The third kappa shape index (κ3) is 3.81. The van der Waals surface area contributed by atoms with Crippen molar-refractivity contribution in [1.82, 2.24) is 15.1 Å². The Labute approximate surface area is 124 Å². The van der Waals surface area contributed by atoms with Crippen molar-refractivity contribution < 1.29 is 14.9 Å². The number of aliphatic hydroxyl groups is 2. The predicted octanol–water partition coefficient (Wildman–Crippen LogP) is 0.554. The summed E-state index contributed by atoms with van der Waals surface area (Å²) in [6.07, 6.45) is 1.76. The maximum absolute atomic E-state index is 10.2. The van der Waals surface area contributed by atoms with Crippen LogP contribution < -0.4 is 10.1 Å². The summed E-state index contributed by atoms with van der Waals surface area (Å²) in [5, 5.41) is 27.1. The highest BCUT2D eigenvalue weighted by Crippen LogP contribution is 2.25. The predicted molar refractivity (Wildman–Crippen MR) is 79.2 cm³/mol. The smallest absolute Gasteiger partial charge is 0.123 e. The maximum Gasteiger partial charge on any atom is 0.123 e. The van der Waals surface area contributed by atoms with Crippen molar-refractivity contribution in [1.29, 1.82) is 0 Å². The summed E-state index contributed by atoms with van der Waals surface area (Å²) < 4.78 is 7.12. The molecule has 0 saturated carbocycles. The van der Waals surface area contributed by atoms with Gasteiger partial charge in [0.05, 0.1) is 19.8 Å². The number of rotatable bonds is 7. The monoisotopic (exact) mass is 291 g/mol. The van der Waals surface area contributed by atoms with E-state index in [1.54, 1.807) is 37.2 Å². The van der Waals surface area contributed by atoms with Crippen LogP contribution in [-0.2, 0) is 6.54 Å². The second kappa shape index (κ2) is 7.21. The standard InChI is InChI=1S/C15H21N3O3/c1-16-9-13(19)15(20)11-4-5-14(21-2)12(8-11)10-18-7-3-6-17-18/h3-8,13,15-16,19-20H,9-10H2,1-2H3. The third-order valence-corrected chi connectivity index (χ3v) is 3.32. The van der Waals surface area contributed by atoms with Gasteiger partial charge >= 0.3 is 0 Å². The van der Waals surface area contributed by atoms with E-state index in [4.69, 9.17) is 4.74 Å². The van der Waals surface area contributed by atoms with Crippen LogP contribution in [0.4, 0.5) is 0 Å². The van der Waals surface area contributed by atoms with Gasteiger partial charge in [-0.05, 0) is 30.8 Å². The molecule has 2 rings (SSSR count). The zero-order chi connectivity index (χ0) is 15.2. The molecular weight excluding hydrogens is 270 g/mol. The lowest BCUT2D eigenvalue weighted by Crippen LogP contribution is -2.29. The molecule has 21 heavy (non-hydrogen) atoms. The molecular formula is C15H21N3O3. The first-order chi connectivity index (χ1) is 10.2. The Bertz CT molecular complexity index is 557. The number of benzene rings is 1. The summed E-state index contributed by atoms with van der Waals surface area (Å²) in [5.41, 5.74) is 1.55. The topological polar surface area (TPSA) is 79.5 Å². The molecule has 0 aliphatic heterocycles. The molecule has 3 N–H and O–H groups in total. The van der Waals surface area contributed by atoms with E-state index >= 15 is 0 Å². The Kier molecular flexibility index (Phi) is 5.32. The van der Waals surface area contributed by atoms with E-state index in [2.05, 4.69) is 10.4 Å². The van der Waals surface area contributed by atoms with Gasteiger partial charge in [0.15, 0.2) is 0 Å². The number of hydrogen-bond acceptors (Lipinski definition) is 5. The van der Waals surface area contributed by atoms with Crippen LogP contribution in [0.3, 0.4) is 0 Å². The van der Waals surface area contributed by atoms with Crippen molar-refractivity contribution >= 4 is 0 Å². The fourth-order valence-electron chi connectivity index (χ4n) is 2.22. The molecule has 0 aliphatic rings. The van der Waals surface area contributed by atoms with Crippen molar-refractivity contribution in [2.75, 3.05) is 20.7 Å². The molecule has 2 atom stereocenters. The maximum atomic E-state index is 10.2. The first-order valence-corrected chi connectivity index (χ1v) is 6.80. The van der Waals surface area contributed by atoms with Gasteiger partial charge in [-0.2, -0.15) is 5.10 Å². The molecule has 1 aromatic heterocycles. The Morgan fingerprint density at radius 2 is 2.19 bits per heavy atom. The number of methoxy groups -OCH3 is 1. The molecule has 1 heterocycles. The van der Waals surface area contributed by atoms with E-state index in [-0.39, 0.29) is 0 Å². The van der Waals surface area contributed by atoms with Gasteiger partial charge in [0.25, 0.3) is 0 Å². The summed E-state index contributed by atoms with van der Waals surface area (Å²) in [6.45, 7) is 0.862. The van der Waals surface area contributed by atoms with Gasteiger partial charge in [0.2, 0.25) is 0 Å². The number of ether oxygens (including phenoxy) is 1. The number of likely N-dealkylation sites (N-methyl/N-ethyl adjacent to an activating group) is 1. The minimum atomic E-state index is -0.945. The van der Waals surface area contributed by atoms with Gasteiger partial charge in [-0.1, -0.05) is 6.07 Å². The number of aromatic nitrogens is 2. The van der Waals surface area contributed by atoms with Crippen molar-refractivity contribution in [3.05, 3.63) is 47.8 Å². The molecule has 1 aromatic carbocycles. The molecule has 0 amide bonds. The van der Waals surface area contributed by atoms with Crippen LogP contribution in [0.25, 0.3) is 0 Å². The normalized spacial score (nSPS) is 13.9. The lowest BCUT2D eigenvalue weighted by molar-refractivity contribution is 0.0201. The van der Waals surface area contributed by atoms with Crippen molar-refractivity contribution in [2.24, 2.45) is 0 Å². The molecule has 0 bridgehead atoms. The Morgan fingerprint density at radius 3 is 2.81 bits per heavy atom. The van der Waals surface area contributed by atoms with Crippen molar-refractivity contribution in [3.8, 4) is 5.75 Å². The van der Waals surface area contributed by atoms with Gasteiger partial charge in [0.1, 0.15) is 11.9 Å². The largest absolute Gasteiger partial charge is 0.496 e. The van der Waals surface area contributed by atoms with Crippen molar-refractivity contribution in [3.63, 3.8) is 0 Å². The van der Waals surface area contributed by atoms with Crippen LogP contribution in [0.5, 0.6) is 5.75 Å². The summed E-state index contributed by atoms with van der Waals surface area (Å²) in [6, 6.07) is 7.24. The number of hydrogen-bond donors (Lipinski definition) is 3. The Balaban J connectivity index is 2.24. The van der Waals surface area contributed by atoms with E-state index in [1.807, 2.05) is 18.3 Å². The highest BCUT2D eigenvalue weighted by Gasteiger charge is 2.19. The van der Waals surface area contributed by atoms with Crippen LogP contribution in [0.15, 0.2) is 36.7 Å². The zero-order valence-corrected chi connectivity index (χ0v) is 12.2. The molecule has 0 spiro atoms. The summed E-state index contributed by atoms with van der Waals surface area (Å²) in [5.74, 6) is 0.726. The van der Waals surface area contributed by atoms with E-state index in [0.29, 0.717) is 18.7 Å². The van der Waals surface area contributed by atoms with Crippen LogP contribution in [0.1, 0.15) is 17.2 Å². The minimum Gasteiger partial charge on any atom is -0.496 e. The average molecular weight is 291 g/mol. The van der Waals surface area contributed by atoms with Crippen LogP contribution in [-0.4, -0.2) is 46.8 Å². The van der Waals surface area contributed by atoms with Gasteiger partial charge in [0, 0.05) is 24.5 Å². The van der Waals surface area contributed by atoms with Gasteiger partial charge in [-0.15, -0.1) is 0 Å². The second-order valence-corrected chi connectivity index (χ2v) is 4.84. The SMILES string of the molecule is CNCC(O)C(O)c1ccc(OC)c(Cn2cccn2)c1. The van der Waals surface area contributed by atoms with E-state index < -0.39 is 12.2 Å². The minimum absolute atomic E-state index is 0.321. The van der Waals surface area contributed by atoms with Crippen molar-refractivity contribution in [2.45, 2.75) is 18.8 Å². The summed E-state index contributed by atoms with van der Waals surface area (Å²) in [4.78, 5) is 0. The molecule has 0 aliphatic carbocycles. The molecule has 2 unspecified atom stereocenters. The van der Waals surface area contributed by atoms with Gasteiger partial charge < -0.3 is 20.3 Å². The highest BCUT2D eigenvalue weighted by molar-refractivity contribution is 5.38. The van der Waals surface area contributed by atoms with Gasteiger partial charge in [-0.3, -0.25) is 4.68 Å². The summed E-state index contributed by atoms with van der Waals surface area (Å²) >= 11 is 0. The molecule has 114 valence electrons. The Morgan fingerprint density at radius 1 is 1.38 bits per heavy atom. The zero-order valence-electron chi connectivity index (χ0n) is 12.2. The fraction of sp³-hybridized carbons (Fsp3) is 0.400. The Hall–Kier alpha value is -1.89. The molecule has 2 aromatic rings. The number of aliphatic hydroxyl groups excluding tert-OH is 2. The highest BCUT2D eigenvalue weighted by atomic mass is 16.5. The summed E-state index contributed by atoms with van der Waals surface area (Å²) in [7, 11) is 3.33. The van der Waals surface area contributed by atoms with E-state index in [0.717, 1.165) is 11.3 Å². The molecule has 6 heteroatoms.